The van der Waals surface area contributed by atoms with Crippen LogP contribution in [0.15, 0.2) is 59.3 Å². The van der Waals surface area contributed by atoms with Gasteiger partial charge in [-0.05, 0) is 62.8 Å². The molecule has 0 radical (unpaired) electrons. The van der Waals surface area contributed by atoms with Crippen molar-refractivity contribution in [1.82, 2.24) is 5.32 Å². The molecule has 6 aliphatic heterocycles. The molecule has 0 aromatic rings. The number of nitrogens with one attached hydrogen (secondary N) is 1. The lowest BCUT2D eigenvalue weighted by Crippen LogP contribution is -2.58. The summed E-state index contributed by atoms with van der Waals surface area (Å²) in [5.74, 6) is -2.81. The van der Waals surface area contributed by atoms with Crippen LogP contribution in [0.2, 0.25) is 0 Å². The summed E-state index contributed by atoms with van der Waals surface area (Å²) in [6, 6.07) is -0.314. The maximum atomic E-state index is 14.3. The number of rotatable bonds is 8. The predicted molar refractivity (Wildman–Crippen MR) is 234 cm³/mol. The van der Waals surface area contributed by atoms with Crippen LogP contribution in [-0.4, -0.2) is 140 Å². The number of carbonyl (C=O) groups excluding carboxylic acids is 2. The second-order valence-electron chi connectivity index (χ2n) is 19.5. The third-order valence-corrected chi connectivity index (χ3v) is 14.4. The van der Waals surface area contributed by atoms with Crippen LogP contribution in [0.3, 0.4) is 0 Å². The minimum absolute atomic E-state index is 0.0266. The van der Waals surface area contributed by atoms with Crippen molar-refractivity contribution < 1.29 is 67.2 Å². The Hall–Kier alpha value is -2.80. The average molecular weight is 900 g/mol. The van der Waals surface area contributed by atoms with Crippen molar-refractivity contribution in [2.75, 3.05) is 20.8 Å². The van der Waals surface area contributed by atoms with Gasteiger partial charge in [-0.25, -0.2) is 0 Å². The first-order valence-electron chi connectivity index (χ1n) is 23.3. The van der Waals surface area contributed by atoms with Crippen molar-refractivity contribution in [3.05, 3.63) is 59.3 Å². The van der Waals surface area contributed by atoms with E-state index in [0.717, 1.165) is 5.57 Å². The fourth-order valence-corrected chi connectivity index (χ4v) is 10.9. The number of hydrogen-bond acceptors (Lipinski definition) is 14. The molecule has 1 aliphatic carbocycles. The zero-order chi connectivity index (χ0) is 46.2. The quantitative estimate of drug-likeness (QED) is 0.216. The summed E-state index contributed by atoms with van der Waals surface area (Å²) < 4.78 is 64.2. The van der Waals surface area contributed by atoms with Gasteiger partial charge in [-0.2, -0.15) is 0 Å². The van der Waals surface area contributed by atoms with E-state index in [4.69, 9.17) is 47.4 Å². The molecular weight excluding hydrogens is 827 g/mol. The Bertz CT molecular complexity index is 1830. The number of carbonyl (C=O) groups is 2. The number of methoxy groups -OCH3 is 2. The van der Waals surface area contributed by atoms with Gasteiger partial charge in [0, 0.05) is 58.7 Å². The smallest absolute Gasteiger partial charge is 0.316 e. The molecular formula is C49H73NO14. The van der Waals surface area contributed by atoms with Crippen molar-refractivity contribution in [3.8, 4) is 0 Å². The lowest BCUT2D eigenvalue weighted by Gasteiger charge is -2.48. The minimum atomic E-state index is -1.84. The molecule has 4 saturated heterocycles. The number of ether oxygens (including phenoxy) is 10. The second kappa shape index (κ2) is 20.2. The van der Waals surface area contributed by atoms with Gasteiger partial charge in [-0.1, -0.05) is 64.2 Å². The predicted octanol–water partition coefficient (Wildman–Crippen LogP) is 5.13. The largest absolute Gasteiger partial charge is 0.462 e. The van der Waals surface area contributed by atoms with Crippen molar-refractivity contribution in [2.45, 2.75) is 192 Å². The molecule has 7 rings (SSSR count). The van der Waals surface area contributed by atoms with Gasteiger partial charge in [-0.3, -0.25) is 9.59 Å². The van der Waals surface area contributed by atoms with Gasteiger partial charge in [0.2, 0.25) is 5.91 Å². The van der Waals surface area contributed by atoms with Crippen LogP contribution in [0, 0.1) is 23.7 Å². The molecule has 0 aromatic heterocycles. The number of aliphatic hydroxyl groups is 2. The zero-order valence-corrected chi connectivity index (χ0v) is 39.5. The van der Waals surface area contributed by atoms with E-state index in [1.54, 1.807) is 33.3 Å². The Morgan fingerprint density at radius 1 is 0.906 bits per heavy atom. The summed E-state index contributed by atoms with van der Waals surface area (Å²) in [5, 5.41) is 26.7. The summed E-state index contributed by atoms with van der Waals surface area (Å²) in [6.07, 6.45) is 8.46. The lowest BCUT2D eigenvalue weighted by atomic mass is 9.71. The zero-order valence-electron chi connectivity index (χ0n) is 39.5. The molecule has 15 nitrogen and oxygen atoms in total. The fourth-order valence-electron chi connectivity index (χ4n) is 10.9. The highest BCUT2D eigenvalue weighted by molar-refractivity contribution is 5.78. The van der Waals surface area contributed by atoms with E-state index in [1.165, 1.54) is 6.92 Å². The molecule has 19 atom stereocenters. The van der Waals surface area contributed by atoms with Crippen LogP contribution in [-0.2, 0) is 57.0 Å². The number of esters is 1. The number of hydrogen-bond donors (Lipinski definition) is 3. The first-order chi connectivity index (χ1) is 30.4. The van der Waals surface area contributed by atoms with Gasteiger partial charge in [0.15, 0.2) is 18.4 Å². The van der Waals surface area contributed by atoms with E-state index in [9.17, 15) is 19.8 Å². The molecule has 1 spiro atoms. The summed E-state index contributed by atoms with van der Waals surface area (Å²) in [4.78, 5) is 26.2. The standard InChI is InChI=1S/C49H73NO14/c1-25(2)43-28(5)17-18-48(64-43)23-35-20-34(63-48)16-15-27(4)44(26(3)13-12-14-33-24-57-46-42(52)29(6)19-36(47(53)60-35)49(33,46)54)61-40-22-38(56-11)45(31(8)59-40)62-39-21-37(55-10)41(30(7)58-39)50-32(9)51/h12-15,17-19,25-26,28,30-31,34-46,52,54H,16,20-24H2,1-11H3,(H,50,51)/t26-,28-,30+,31-,34+,35-,36-,37-,38-,39+,40+,41-,42+,43+,44-,45+,46-,48+,49+/m0/s1. The van der Waals surface area contributed by atoms with E-state index in [2.05, 4.69) is 45.2 Å². The Morgan fingerprint density at radius 2 is 1.61 bits per heavy atom. The highest BCUT2D eigenvalue weighted by Crippen LogP contribution is 2.47. The lowest BCUT2D eigenvalue weighted by molar-refractivity contribution is -0.311. The third-order valence-electron chi connectivity index (χ3n) is 14.4. The van der Waals surface area contributed by atoms with Crippen LogP contribution in [0.25, 0.3) is 0 Å². The molecule has 0 unspecified atom stereocenters. The SMILES string of the molecule is CO[C@H]1C[C@@H](O[C@@H]2[C@H](C)O[C@H](O[C@@H]3C(C)=CC[C@@H]4C[C@@H](C[C@]5(C=C[C@H](C)[C@@H](C(C)C)O5)O4)OC(=O)[C@@H]4C=C(C)[C@@H](O)[C@@H]5OCC(=CC=C[C@@H]3C)[C@@]45O)C[C@@H]2OC)O[C@H](C)[C@@H]1NC(C)=O. The third kappa shape index (κ3) is 10.2. The van der Waals surface area contributed by atoms with Crippen LogP contribution < -0.4 is 5.32 Å². The van der Waals surface area contributed by atoms with Crippen LogP contribution in [0.4, 0.5) is 0 Å². The molecule has 1 amide bonds. The van der Waals surface area contributed by atoms with Gasteiger partial charge >= 0.3 is 5.97 Å². The van der Waals surface area contributed by atoms with Gasteiger partial charge in [0.25, 0.3) is 0 Å². The summed E-state index contributed by atoms with van der Waals surface area (Å²) >= 11 is 0. The first-order valence-corrected chi connectivity index (χ1v) is 23.3. The molecule has 4 fully saturated rings. The van der Waals surface area contributed by atoms with Crippen LogP contribution >= 0.6 is 0 Å². The molecule has 0 saturated carbocycles. The maximum absolute atomic E-state index is 14.3. The topological polar surface area (TPSA) is 179 Å². The summed E-state index contributed by atoms with van der Waals surface area (Å²) in [6.45, 7) is 17.5. The second-order valence-corrected chi connectivity index (χ2v) is 19.5. The Morgan fingerprint density at radius 3 is 2.31 bits per heavy atom. The Balaban J connectivity index is 1.16. The molecule has 0 aromatic carbocycles. The van der Waals surface area contributed by atoms with Crippen molar-refractivity contribution in [3.63, 3.8) is 0 Å². The van der Waals surface area contributed by atoms with Crippen LogP contribution in [0.5, 0.6) is 0 Å². The Labute approximate surface area is 378 Å². The first kappa shape index (κ1) is 49.1. The molecule has 358 valence electrons. The van der Waals surface area contributed by atoms with Gasteiger partial charge < -0.3 is 62.9 Å². The van der Waals surface area contributed by atoms with Gasteiger partial charge in [0.05, 0.1) is 55.4 Å². The molecule has 3 N–H and O–H groups in total. The average Bonchev–Trinajstić information content (AvgIpc) is 3.58. The molecule has 6 heterocycles. The number of fused-ring (bicyclic) bond motifs is 2. The number of amides is 1. The monoisotopic (exact) mass is 900 g/mol. The van der Waals surface area contributed by atoms with Crippen molar-refractivity contribution in [1.29, 1.82) is 0 Å². The Kier molecular flexibility index (Phi) is 15.5. The van der Waals surface area contributed by atoms with Gasteiger partial charge in [-0.15, -0.1) is 0 Å². The van der Waals surface area contributed by atoms with E-state index < -0.39 is 84.7 Å². The highest BCUT2D eigenvalue weighted by Gasteiger charge is 2.60. The normalized spacial score (nSPS) is 45.3. The minimum Gasteiger partial charge on any atom is -0.462 e. The number of aliphatic hydroxyl groups excluding tert-OH is 1. The van der Waals surface area contributed by atoms with Crippen molar-refractivity contribution >= 4 is 11.9 Å². The van der Waals surface area contributed by atoms with E-state index >= 15 is 0 Å². The highest BCUT2D eigenvalue weighted by atomic mass is 16.7. The van der Waals surface area contributed by atoms with E-state index in [0.29, 0.717) is 36.8 Å². The van der Waals surface area contributed by atoms with Gasteiger partial charge in [0.1, 0.15) is 35.9 Å². The molecule has 15 heteroatoms. The van der Waals surface area contributed by atoms with Crippen molar-refractivity contribution in [2.24, 2.45) is 23.7 Å². The molecule has 7 aliphatic rings. The van der Waals surface area contributed by atoms with E-state index in [1.807, 2.05) is 39.0 Å². The summed E-state index contributed by atoms with van der Waals surface area (Å²) in [5.41, 5.74) is 0.112. The van der Waals surface area contributed by atoms with Crippen LogP contribution in [0.1, 0.15) is 94.4 Å². The van der Waals surface area contributed by atoms with E-state index in [-0.39, 0.29) is 61.0 Å². The number of allylic oxidation sites excluding steroid dienone is 2. The maximum Gasteiger partial charge on any atom is 0.316 e. The molecule has 64 heavy (non-hydrogen) atoms. The molecule has 2 bridgehead atoms. The summed E-state index contributed by atoms with van der Waals surface area (Å²) in [7, 11) is 3.27. The fraction of sp³-hybridized carbons (Fsp3) is 0.755.